The maximum atomic E-state index is 11.6. The van der Waals surface area contributed by atoms with E-state index >= 15 is 0 Å². The van der Waals surface area contributed by atoms with Crippen LogP contribution in [0, 0.1) is 0 Å². The van der Waals surface area contributed by atoms with Crippen LogP contribution in [-0.4, -0.2) is 22.5 Å². The summed E-state index contributed by atoms with van der Waals surface area (Å²) in [4.78, 5) is 22.5. The minimum Gasteiger partial charge on any atom is -0.494 e. The van der Waals surface area contributed by atoms with Gasteiger partial charge in [-0.25, -0.2) is 4.98 Å². The van der Waals surface area contributed by atoms with Gasteiger partial charge in [0.15, 0.2) is 0 Å². The van der Waals surface area contributed by atoms with Crippen molar-refractivity contribution in [1.29, 1.82) is 0 Å². The van der Waals surface area contributed by atoms with Crippen molar-refractivity contribution in [3.8, 4) is 5.75 Å². The third-order valence-electron chi connectivity index (χ3n) is 2.95. The normalized spacial score (nSPS) is 11.3. The molecule has 2 aromatic rings. The quantitative estimate of drug-likeness (QED) is 0.559. The second-order valence-electron chi connectivity index (χ2n) is 4.89. The average molecular weight is 315 g/mol. The number of nitrogens with zero attached hydrogens (tertiary/aromatic N) is 2. The summed E-state index contributed by atoms with van der Waals surface area (Å²) in [7, 11) is 0. The van der Waals surface area contributed by atoms with E-state index in [1.165, 1.54) is 6.07 Å². The van der Waals surface area contributed by atoms with Crippen LogP contribution in [0.15, 0.2) is 40.1 Å². The summed E-state index contributed by atoms with van der Waals surface area (Å²) >= 11 is 0. The fourth-order valence-electron chi connectivity index (χ4n) is 2.02. The van der Waals surface area contributed by atoms with Crippen LogP contribution in [0.5, 0.6) is 5.75 Å². The molecule has 23 heavy (non-hydrogen) atoms. The van der Waals surface area contributed by atoms with E-state index in [1.54, 1.807) is 0 Å². The molecular weight excluding hydrogens is 294 g/mol. The minimum absolute atomic E-state index is 0.144. The van der Waals surface area contributed by atoms with Crippen LogP contribution in [0.4, 0.5) is 11.6 Å². The first-order valence-electron chi connectivity index (χ1n) is 7.55. The van der Waals surface area contributed by atoms with E-state index in [0.29, 0.717) is 12.3 Å². The molecule has 7 heteroatoms. The fourth-order valence-corrected chi connectivity index (χ4v) is 2.02. The topological polar surface area (TPSA) is 105 Å². The van der Waals surface area contributed by atoms with E-state index in [2.05, 4.69) is 20.3 Å². The maximum absolute atomic E-state index is 11.6. The predicted molar refractivity (Wildman–Crippen MR) is 91.4 cm³/mol. The lowest BCUT2D eigenvalue weighted by Gasteiger charge is -2.07. The van der Waals surface area contributed by atoms with Gasteiger partial charge in [-0.05, 0) is 37.6 Å². The molecule has 1 aromatic carbocycles. The fraction of sp³-hybridized carbons (Fsp3) is 0.312. The van der Waals surface area contributed by atoms with Crippen molar-refractivity contribution in [1.82, 2.24) is 9.97 Å². The zero-order valence-electron chi connectivity index (χ0n) is 13.3. The van der Waals surface area contributed by atoms with Gasteiger partial charge < -0.3 is 15.8 Å². The first-order valence-corrected chi connectivity index (χ1v) is 7.55. The molecule has 0 atom stereocenters. The number of rotatable bonds is 6. The van der Waals surface area contributed by atoms with Gasteiger partial charge in [0.05, 0.1) is 6.61 Å². The number of hydrogen-bond acceptors (Lipinski definition) is 4. The molecule has 0 unspecified atom stereocenters. The van der Waals surface area contributed by atoms with Crippen molar-refractivity contribution in [3.63, 3.8) is 0 Å². The maximum Gasteiger partial charge on any atom is 0.252 e. The predicted octanol–water partition coefficient (Wildman–Crippen LogP) is 2.18. The standard InChI is InChI=1S/C16H21N5O2/c1-3-5-12-10-14(22)20-16(19-12)21-15(17)18-11-6-8-13(9-7-11)23-4-2/h6-10H,3-5H2,1-2H3,(H4,17,18,19,20,21,22). The monoisotopic (exact) mass is 315 g/mol. The van der Waals surface area contributed by atoms with Crippen molar-refractivity contribution in [2.24, 2.45) is 10.7 Å². The lowest BCUT2D eigenvalue weighted by atomic mass is 10.2. The van der Waals surface area contributed by atoms with Gasteiger partial charge in [0, 0.05) is 17.4 Å². The lowest BCUT2D eigenvalue weighted by Crippen LogP contribution is -2.22. The number of H-pyrrole nitrogens is 1. The third kappa shape index (κ3) is 5.14. The smallest absolute Gasteiger partial charge is 0.252 e. The highest BCUT2D eigenvalue weighted by molar-refractivity contribution is 5.93. The molecule has 0 amide bonds. The number of nitrogens with two attached hydrogens (primary N) is 1. The van der Waals surface area contributed by atoms with Crippen LogP contribution in [0.1, 0.15) is 26.0 Å². The van der Waals surface area contributed by atoms with Crippen molar-refractivity contribution in [2.75, 3.05) is 11.9 Å². The van der Waals surface area contributed by atoms with Gasteiger partial charge in [-0.2, -0.15) is 4.99 Å². The molecule has 4 N–H and O–H groups in total. The Balaban J connectivity index is 2.11. The Morgan fingerprint density at radius 2 is 2.09 bits per heavy atom. The summed E-state index contributed by atoms with van der Waals surface area (Å²) in [5.41, 5.74) is 7.08. The first-order chi connectivity index (χ1) is 11.1. The number of ether oxygens (including phenoxy) is 1. The molecule has 0 aliphatic rings. The molecule has 122 valence electrons. The zero-order valence-corrected chi connectivity index (χ0v) is 13.3. The van der Waals surface area contributed by atoms with Crippen molar-refractivity contribution in [2.45, 2.75) is 26.7 Å². The largest absolute Gasteiger partial charge is 0.494 e. The third-order valence-corrected chi connectivity index (χ3v) is 2.95. The Kier molecular flexibility index (Phi) is 5.74. The molecule has 0 fully saturated rings. The van der Waals surface area contributed by atoms with Gasteiger partial charge in [0.2, 0.25) is 11.9 Å². The highest BCUT2D eigenvalue weighted by atomic mass is 16.5. The number of hydrogen-bond donors (Lipinski definition) is 3. The minimum atomic E-state index is -0.240. The summed E-state index contributed by atoms with van der Waals surface area (Å²) in [6, 6.07) is 8.80. The Hall–Kier alpha value is -2.83. The average Bonchev–Trinajstić information content (AvgIpc) is 2.49. The molecule has 7 nitrogen and oxygen atoms in total. The van der Waals surface area contributed by atoms with E-state index in [1.807, 2.05) is 38.1 Å². The van der Waals surface area contributed by atoms with Gasteiger partial charge in [-0.15, -0.1) is 0 Å². The number of aryl methyl sites for hydroxylation is 1. The molecule has 1 aromatic heterocycles. The van der Waals surface area contributed by atoms with Crippen LogP contribution >= 0.6 is 0 Å². The number of benzene rings is 1. The van der Waals surface area contributed by atoms with Gasteiger partial charge in [0.25, 0.3) is 5.56 Å². The molecule has 0 bridgehead atoms. The Morgan fingerprint density at radius 1 is 1.35 bits per heavy atom. The zero-order chi connectivity index (χ0) is 16.7. The molecule has 0 aliphatic carbocycles. The number of aliphatic imine (C=N–C) groups is 1. The lowest BCUT2D eigenvalue weighted by molar-refractivity contribution is 0.340. The summed E-state index contributed by atoms with van der Waals surface area (Å²) in [6.07, 6.45) is 1.62. The van der Waals surface area contributed by atoms with Crippen LogP contribution in [0.2, 0.25) is 0 Å². The van der Waals surface area contributed by atoms with Crippen LogP contribution in [0.25, 0.3) is 0 Å². The number of nitrogens with one attached hydrogen (secondary N) is 2. The van der Waals surface area contributed by atoms with Crippen LogP contribution < -0.4 is 21.3 Å². The summed E-state index contributed by atoms with van der Waals surface area (Å²) in [6.45, 7) is 4.56. The Labute approximate surface area is 134 Å². The Bertz CT molecular complexity index is 722. The van der Waals surface area contributed by atoms with Gasteiger partial charge in [0.1, 0.15) is 5.75 Å². The van der Waals surface area contributed by atoms with E-state index in [4.69, 9.17) is 10.5 Å². The number of guanidine groups is 1. The van der Waals surface area contributed by atoms with Crippen molar-refractivity contribution < 1.29 is 4.74 Å². The molecule has 2 rings (SSSR count). The van der Waals surface area contributed by atoms with E-state index in [0.717, 1.165) is 24.3 Å². The Morgan fingerprint density at radius 3 is 2.74 bits per heavy atom. The summed E-state index contributed by atoms with van der Waals surface area (Å²) in [5.74, 6) is 1.12. The van der Waals surface area contributed by atoms with Crippen molar-refractivity contribution >= 4 is 17.6 Å². The van der Waals surface area contributed by atoms with E-state index in [-0.39, 0.29) is 17.5 Å². The van der Waals surface area contributed by atoms with Crippen molar-refractivity contribution in [3.05, 3.63) is 46.4 Å². The molecule has 0 spiro atoms. The van der Waals surface area contributed by atoms with E-state index < -0.39 is 0 Å². The second kappa shape index (κ2) is 7.98. The highest BCUT2D eigenvalue weighted by Gasteiger charge is 2.02. The number of aromatic nitrogens is 2. The molecule has 0 radical (unpaired) electrons. The SMILES string of the molecule is CCCc1cc(=O)[nH]c(/N=C(/N)Nc2ccc(OCC)cc2)n1. The van der Waals surface area contributed by atoms with Crippen LogP contribution in [-0.2, 0) is 6.42 Å². The molecule has 1 heterocycles. The molecule has 0 saturated carbocycles. The summed E-state index contributed by atoms with van der Waals surface area (Å²) in [5, 5.41) is 2.94. The molecule has 0 aliphatic heterocycles. The van der Waals surface area contributed by atoms with Gasteiger partial charge in [-0.3, -0.25) is 9.78 Å². The summed E-state index contributed by atoms with van der Waals surface area (Å²) < 4.78 is 5.37. The molecule has 0 saturated heterocycles. The number of aromatic amines is 1. The molecular formula is C16H21N5O2. The second-order valence-corrected chi connectivity index (χ2v) is 4.89. The number of anilines is 1. The van der Waals surface area contributed by atoms with Gasteiger partial charge >= 0.3 is 0 Å². The van der Waals surface area contributed by atoms with Crippen LogP contribution in [0.3, 0.4) is 0 Å². The van der Waals surface area contributed by atoms with Gasteiger partial charge in [-0.1, -0.05) is 13.3 Å². The highest BCUT2D eigenvalue weighted by Crippen LogP contribution is 2.15. The first kappa shape index (κ1) is 16.5. The van der Waals surface area contributed by atoms with E-state index in [9.17, 15) is 4.79 Å².